The van der Waals surface area contributed by atoms with Gasteiger partial charge < -0.3 is 15.9 Å². The number of phenols is 1. The largest absolute Gasteiger partial charge is 0.508 e. The van der Waals surface area contributed by atoms with Gasteiger partial charge in [-0.15, -0.1) is 0 Å². The maximum Gasteiger partial charge on any atom is 0.122 e. The fourth-order valence-corrected chi connectivity index (χ4v) is 1.37. The Kier molecular flexibility index (Phi) is 3.04. The molecule has 1 aromatic carbocycles. The summed E-state index contributed by atoms with van der Waals surface area (Å²) in [5.41, 5.74) is 6.18. The van der Waals surface area contributed by atoms with E-state index in [0.717, 1.165) is 5.56 Å². The van der Waals surface area contributed by atoms with Gasteiger partial charge in [-0.3, -0.25) is 0 Å². The molecule has 1 atom stereocenters. The van der Waals surface area contributed by atoms with E-state index in [9.17, 15) is 5.11 Å². The third-order valence-corrected chi connectivity index (χ3v) is 2.63. The molecule has 4 N–H and O–H groups in total. The van der Waals surface area contributed by atoms with Crippen LogP contribution in [-0.4, -0.2) is 16.8 Å². The van der Waals surface area contributed by atoms with Gasteiger partial charge in [-0.1, -0.05) is 11.6 Å². The predicted octanol–water partition coefficient (Wildman–Crippen LogP) is 1.52. The summed E-state index contributed by atoms with van der Waals surface area (Å²) in [6.07, 6.45) is 0. The third kappa shape index (κ3) is 2.00. The summed E-state index contributed by atoms with van der Waals surface area (Å²) in [7, 11) is 0. The molecule has 0 aliphatic rings. The Labute approximate surface area is 88.1 Å². The molecular weight excluding hydrogens is 202 g/mol. The number of aromatic hydroxyl groups is 1. The molecule has 3 nitrogen and oxygen atoms in total. The van der Waals surface area contributed by atoms with Gasteiger partial charge in [0.25, 0.3) is 0 Å². The van der Waals surface area contributed by atoms with Crippen LogP contribution in [0.3, 0.4) is 0 Å². The van der Waals surface area contributed by atoms with E-state index in [2.05, 4.69) is 0 Å². The van der Waals surface area contributed by atoms with Crippen molar-refractivity contribution in [2.24, 2.45) is 5.73 Å². The summed E-state index contributed by atoms with van der Waals surface area (Å²) in [5, 5.41) is 19.2. The first-order chi connectivity index (χ1) is 6.38. The zero-order valence-electron chi connectivity index (χ0n) is 8.21. The van der Waals surface area contributed by atoms with Crippen LogP contribution in [0.2, 0.25) is 5.02 Å². The number of aliphatic hydroxyl groups is 1. The minimum Gasteiger partial charge on any atom is -0.508 e. The summed E-state index contributed by atoms with van der Waals surface area (Å²) < 4.78 is 0. The van der Waals surface area contributed by atoms with Crippen molar-refractivity contribution in [1.82, 2.24) is 0 Å². The van der Waals surface area contributed by atoms with Crippen LogP contribution in [-0.2, 0) is 5.54 Å². The topological polar surface area (TPSA) is 66.5 Å². The number of hydrogen-bond acceptors (Lipinski definition) is 3. The molecular formula is C10H14ClNO2. The molecule has 0 fully saturated rings. The van der Waals surface area contributed by atoms with E-state index in [1.807, 2.05) is 6.92 Å². The summed E-state index contributed by atoms with van der Waals surface area (Å²) in [6, 6.07) is 3.13. The first kappa shape index (κ1) is 11.3. The highest BCUT2D eigenvalue weighted by Crippen LogP contribution is 2.31. The van der Waals surface area contributed by atoms with Crippen LogP contribution in [0, 0.1) is 6.92 Å². The highest BCUT2D eigenvalue weighted by Gasteiger charge is 2.24. The number of aryl methyl sites for hydroxylation is 1. The van der Waals surface area contributed by atoms with Gasteiger partial charge in [0.05, 0.1) is 12.1 Å². The first-order valence-electron chi connectivity index (χ1n) is 4.28. The van der Waals surface area contributed by atoms with Crippen molar-refractivity contribution >= 4 is 11.6 Å². The van der Waals surface area contributed by atoms with E-state index < -0.39 is 5.54 Å². The van der Waals surface area contributed by atoms with Crippen LogP contribution in [0.4, 0.5) is 0 Å². The maximum absolute atomic E-state index is 9.61. The fourth-order valence-electron chi connectivity index (χ4n) is 1.21. The minimum atomic E-state index is -0.945. The molecule has 0 aliphatic heterocycles. The molecule has 0 bridgehead atoms. The molecule has 1 unspecified atom stereocenters. The lowest BCUT2D eigenvalue weighted by Gasteiger charge is -2.24. The molecule has 1 aromatic rings. The molecule has 1 rings (SSSR count). The van der Waals surface area contributed by atoms with Gasteiger partial charge in [-0.2, -0.15) is 0 Å². The molecule has 0 aromatic heterocycles. The summed E-state index contributed by atoms with van der Waals surface area (Å²) >= 11 is 5.82. The Balaban J connectivity index is 3.29. The Bertz CT molecular complexity index is 350. The highest BCUT2D eigenvalue weighted by molar-refractivity contribution is 6.31. The number of phenolic OH excluding ortho intramolecular Hbond substituents is 1. The molecule has 0 amide bonds. The van der Waals surface area contributed by atoms with Crippen LogP contribution >= 0.6 is 11.6 Å². The van der Waals surface area contributed by atoms with Crippen molar-refractivity contribution < 1.29 is 10.2 Å². The monoisotopic (exact) mass is 215 g/mol. The average Bonchev–Trinajstić information content (AvgIpc) is 2.11. The normalized spacial score (nSPS) is 15.2. The molecule has 0 spiro atoms. The Morgan fingerprint density at radius 1 is 1.50 bits per heavy atom. The van der Waals surface area contributed by atoms with Crippen LogP contribution in [0.1, 0.15) is 18.1 Å². The van der Waals surface area contributed by atoms with Gasteiger partial charge in [0, 0.05) is 10.6 Å². The maximum atomic E-state index is 9.61. The minimum absolute atomic E-state index is 0.0136. The molecule has 0 saturated carbocycles. The number of aliphatic hydroxyl groups excluding tert-OH is 1. The van der Waals surface area contributed by atoms with E-state index in [1.54, 1.807) is 13.0 Å². The van der Waals surface area contributed by atoms with Gasteiger partial charge in [0.1, 0.15) is 5.75 Å². The lowest BCUT2D eigenvalue weighted by molar-refractivity contribution is 0.207. The molecule has 0 radical (unpaired) electrons. The number of rotatable bonds is 2. The van der Waals surface area contributed by atoms with Crippen LogP contribution in [0.25, 0.3) is 0 Å². The smallest absolute Gasteiger partial charge is 0.122 e. The number of halogens is 1. The Hall–Kier alpha value is -0.770. The van der Waals surface area contributed by atoms with E-state index >= 15 is 0 Å². The SMILES string of the molecule is Cc1cc(C(C)(N)CO)c(O)cc1Cl. The lowest BCUT2D eigenvalue weighted by Crippen LogP contribution is -2.37. The summed E-state index contributed by atoms with van der Waals surface area (Å²) in [4.78, 5) is 0. The van der Waals surface area contributed by atoms with Gasteiger partial charge in [0.2, 0.25) is 0 Å². The van der Waals surface area contributed by atoms with E-state index in [4.69, 9.17) is 22.4 Å². The Morgan fingerprint density at radius 2 is 2.07 bits per heavy atom. The van der Waals surface area contributed by atoms with E-state index in [-0.39, 0.29) is 12.4 Å². The molecule has 0 heterocycles. The van der Waals surface area contributed by atoms with Crippen molar-refractivity contribution in [3.05, 3.63) is 28.3 Å². The van der Waals surface area contributed by atoms with Crippen molar-refractivity contribution in [1.29, 1.82) is 0 Å². The van der Waals surface area contributed by atoms with Gasteiger partial charge in [-0.05, 0) is 31.5 Å². The summed E-state index contributed by atoms with van der Waals surface area (Å²) in [5.74, 6) is 0.0136. The zero-order chi connectivity index (χ0) is 10.9. The molecule has 14 heavy (non-hydrogen) atoms. The van der Waals surface area contributed by atoms with E-state index in [0.29, 0.717) is 10.6 Å². The second-order valence-electron chi connectivity index (χ2n) is 3.69. The molecule has 78 valence electrons. The summed E-state index contributed by atoms with van der Waals surface area (Å²) in [6.45, 7) is 3.23. The van der Waals surface area contributed by atoms with Gasteiger partial charge in [0.15, 0.2) is 0 Å². The van der Waals surface area contributed by atoms with Crippen LogP contribution in [0.5, 0.6) is 5.75 Å². The van der Waals surface area contributed by atoms with Crippen molar-refractivity contribution in [3.8, 4) is 5.75 Å². The number of benzene rings is 1. The molecule has 4 heteroatoms. The quantitative estimate of drug-likeness (QED) is 0.701. The highest BCUT2D eigenvalue weighted by atomic mass is 35.5. The van der Waals surface area contributed by atoms with Gasteiger partial charge >= 0.3 is 0 Å². The van der Waals surface area contributed by atoms with Crippen LogP contribution in [0.15, 0.2) is 12.1 Å². The third-order valence-electron chi connectivity index (χ3n) is 2.22. The van der Waals surface area contributed by atoms with Crippen LogP contribution < -0.4 is 5.73 Å². The first-order valence-corrected chi connectivity index (χ1v) is 4.65. The van der Waals surface area contributed by atoms with Gasteiger partial charge in [-0.25, -0.2) is 0 Å². The average molecular weight is 216 g/mol. The standard InChI is InChI=1S/C10H14ClNO2/c1-6-3-7(10(2,12)5-13)9(14)4-8(6)11/h3-4,13-14H,5,12H2,1-2H3. The van der Waals surface area contributed by atoms with Crippen molar-refractivity contribution in [2.45, 2.75) is 19.4 Å². The molecule has 0 saturated heterocycles. The molecule has 0 aliphatic carbocycles. The van der Waals surface area contributed by atoms with E-state index in [1.165, 1.54) is 6.07 Å². The Morgan fingerprint density at radius 3 is 2.57 bits per heavy atom. The zero-order valence-corrected chi connectivity index (χ0v) is 8.97. The predicted molar refractivity (Wildman–Crippen MR) is 56.5 cm³/mol. The fraction of sp³-hybridized carbons (Fsp3) is 0.400. The lowest BCUT2D eigenvalue weighted by atomic mass is 9.92. The van der Waals surface area contributed by atoms with Crippen molar-refractivity contribution in [3.63, 3.8) is 0 Å². The number of nitrogens with two attached hydrogens (primary N) is 1. The second-order valence-corrected chi connectivity index (χ2v) is 4.10. The van der Waals surface area contributed by atoms with Crippen molar-refractivity contribution in [2.75, 3.05) is 6.61 Å². The second kappa shape index (κ2) is 3.77. The number of hydrogen-bond donors (Lipinski definition) is 3.